The number of hydrogen-bond acceptors (Lipinski definition) is 3. The molecule has 82 valence electrons. The molecule has 0 unspecified atom stereocenters. The van der Waals surface area contributed by atoms with E-state index in [1.165, 1.54) is 12.3 Å². The van der Waals surface area contributed by atoms with E-state index < -0.39 is 0 Å². The first-order valence-corrected chi connectivity index (χ1v) is 5.25. The van der Waals surface area contributed by atoms with Gasteiger partial charge in [0.25, 0.3) is 0 Å². The van der Waals surface area contributed by atoms with E-state index in [-0.39, 0.29) is 11.5 Å². The first-order chi connectivity index (χ1) is 8.20. The number of hydrogen-bond donors (Lipinski definition) is 0. The van der Waals surface area contributed by atoms with Crippen LogP contribution in [0.2, 0.25) is 5.02 Å². The second-order valence-corrected chi connectivity index (χ2v) is 3.82. The minimum absolute atomic E-state index is 0.242. The van der Waals surface area contributed by atoms with Gasteiger partial charge in [0.05, 0.1) is 11.6 Å². The molecule has 0 aliphatic carbocycles. The number of ketones is 1. The standard InChI is InChI=1S/C13H7ClN2O/c14-11-3-1-2-10(7-11)13(17)12-6-9(8-15)4-5-16-12/h1-7H. The van der Waals surface area contributed by atoms with Crippen molar-refractivity contribution in [2.45, 2.75) is 0 Å². The van der Waals surface area contributed by atoms with Gasteiger partial charge in [-0.2, -0.15) is 5.26 Å². The summed E-state index contributed by atoms with van der Waals surface area (Å²) in [5.41, 5.74) is 1.11. The van der Waals surface area contributed by atoms with Gasteiger partial charge in [-0.3, -0.25) is 9.78 Å². The number of rotatable bonds is 2. The van der Waals surface area contributed by atoms with E-state index in [0.717, 1.165) is 0 Å². The average molecular weight is 243 g/mol. The third-order valence-electron chi connectivity index (χ3n) is 2.21. The van der Waals surface area contributed by atoms with Gasteiger partial charge in [-0.1, -0.05) is 23.7 Å². The molecule has 17 heavy (non-hydrogen) atoms. The van der Waals surface area contributed by atoms with Crippen LogP contribution >= 0.6 is 11.6 Å². The Morgan fingerprint density at radius 1 is 1.29 bits per heavy atom. The van der Waals surface area contributed by atoms with Crippen LogP contribution in [-0.2, 0) is 0 Å². The van der Waals surface area contributed by atoms with Gasteiger partial charge in [0.2, 0.25) is 5.78 Å². The Morgan fingerprint density at radius 2 is 2.12 bits per heavy atom. The van der Waals surface area contributed by atoms with Crippen LogP contribution in [0, 0.1) is 11.3 Å². The van der Waals surface area contributed by atoms with Gasteiger partial charge in [0.1, 0.15) is 5.69 Å². The fourth-order valence-electron chi connectivity index (χ4n) is 1.40. The molecule has 4 heteroatoms. The fourth-order valence-corrected chi connectivity index (χ4v) is 1.59. The smallest absolute Gasteiger partial charge is 0.211 e. The summed E-state index contributed by atoms with van der Waals surface area (Å²) in [7, 11) is 0. The van der Waals surface area contributed by atoms with Crippen LogP contribution in [0.3, 0.4) is 0 Å². The van der Waals surface area contributed by atoms with Gasteiger partial charge in [-0.15, -0.1) is 0 Å². The SMILES string of the molecule is N#Cc1ccnc(C(=O)c2cccc(Cl)c2)c1. The lowest BCUT2D eigenvalue weighted by molar-refractivity contribution is 0.103. The molecule has 0 bridgehead atoms. The summed E-state index contributed by atoms with van der Waals surface area (Å²) >= 11 is 5.81. The van der Waals surface area contributed by atoms with E-state index >= 15 is 0 Å². The van der Waals surface area contributed by atoms with Crippen LogP contribution in [0.4, 0.5) is 0 Å². The molecule has 0 saturated carbocycles. The summed E-state index contributed by atoms with van der Waals surface area (Å²) in [6, 6.07) is 11.6. The van der Waals surface area contributed by atoms with E-state index in [0.29, 0.717) is 16.1 Å². The molecule has 0 aliphatic heterocycles. The summed E-state index contributed by atoms with van der Waals surface area (Å²) < 4.78 is 0. The molecule has 0 N–H and O–H groups in total. The first-order valence-electron chi connectivity index (χ1n) is 4.87. The molecule has 1 heterocycles. The number of halogens is 1. The first kappa shape index (κ1) is 11.3. The molecule has 0 aliphatic rings. The molecular weight excluding hydrogens is 236 g/mol. The third-order valence-corrected chi connectivity index (χ3v) is 2.44. The van der Waals surface area contributed by atoms with Crippen molar-refractivity contribution in [2.24, 2.45) is 0 Å². The molecule has 1 aromatic carbocycles. The highest BCUT2D eigenvalue weighted by molar-refractivity contribution is 6.31. The lowest BCUT2D eigenvalue weighted by atomic mass is 10.1. The third kappa shape index (κ3) is 2.49. The lowest BCUT2D eigenvalue weighted by Crippen LogP contribution is -2.04. The van der Waals surface area contributed by atoms with Crippen molar-refractivity contribution in [3.8, 4) is 6.07 Å². The maximum absolute atomic E-state index is 12.0. The Kier molecular flexibility index (Phi) is 3.17. The Balaban J connectivity index is 2.41. The number of nitriles is 1. The van der Waals surface area contributed by atoms with Crippen molar-refractivity contribution < 1.29 is 4.79 Å². The Bertz CT molecular complexity index is 617. The number of nitrogens with zero attached hydrogens (tertiary/aromatic N) is 2. The predicted molar refractivity (Wildman–Crippen MR) is 63.8 cm³/mol. The summed E-state index contributed by atoms with van der Waals surface area (Å²) in [5.74, 6) is -0.246. The Labute approximate surface area is 103 Å². The van der Waals surface area contributed by atoms with E-state index in [1.807, 2.05) is 6.07 Å². The number of carbonyl (C=O) groups is 1. The summed E-state index contributed by atoms with van der Waals surface area (Å²) in [4.78, 5) is 16.0. The molecule has 0 spiro atoms. The van der Waals surface area contributed by atoms with Crippen LogP contribution in [0.5, 0.6) is 0 Å². The predicted octanol–water partition coefficient (Wildman–Crippen LogP) is 2.84. The van der Waals surface area contributed by atoms with Crippen molar-refractivity contribution in [1.29, 1.82) is 5.26 Å². The zero-order valence-corrected chi connectivity index (χ0v) is 9.48. The highest BCUT2D eigenvalue weighted by Gasteiger charge is 2.11. The lowest BCUT2D eigenvalue weighted by Gasteiger charge is -2.01. The largest absolute Gasteiger partial charge is 0.287 e. The van der Waals surface area contributed by atoms with Crippen LogP contribution in [-0.4, -0.2) is 10.8 Å². The maximum Gasteiger partial charge on any atom is 0.211 e. The van der Waals surface area contributed by atoms with Crippen LogP contribution < -0.4 is 0 Å². The van der Waals surface area contributed by atoms with Crippen LogP contribution in [0.1, 0.15) is 21.6 Å². The van der Waals surface area contributed by atoms with Gasteiger partial charge in [-0.25, -0.2) is 0 Å². The summed E-state index contributed by atoms with van der Waals surface area (Å²) in [6.45, 7) is 0. The van der Waals surface area contributed by atoms with Gasteiger partial charge < -0.3 is 0 Å². The monoisotopic (exact) mass is 242 g/mol. The van der Waals surface area contributed by atoms with Gasteiger partial charge >= 0.3 is 0 Å². The number of aromatic nitrogens is 1. The second kappa shape index (κ2) is 4.77. The number of benzene rings is 1. The molecule has 0 atom stereocenters. The Hall–Kier alpha value is -2.18. The molecule has 0 radical (unpaired) electrons. The number of carbonyl (C=O) groups excluding carboxylic acids is 1. The van der Waals surface area contributed by atoms with Crippen molar-refractivity contribution in [3.05, 3.63) is 64.4 Å². The minimum atomic E-state index is -0.246. The van der Waals surface area contributed by atoms with Crippen LogP contribution in [0.25, 0.3) is 0 Å². The van der Waals surface area contributed by atoms with Crippen molar-refractivity contribution in [1.82, 2.24) is 4.98 Å². The zero-order valence-electron chi connectivity index (χ0n) is 8.72. The van der Waals surface area contributed by atoms with Crippen molar-refractivity contribution in [3.63, 3.8) is 0 Å². The van der Waals surface area contributed by atoms with Crippen molar-refractivity contribution >= 4 is 17.4 Å². The normalized spacial score (nSPS) is 9.65. The molecule has 1 aromatic heterocycles. The zero-order chi connectivity index (χ0) is 12.3. The van der Waals surface area contributed by atoms with Gasteiger partial charge in [-0.05, 0) is 24.3 Å². The highest BCUT2D eigenvalue weighted by Crippen LogP contribution is 2.14. The highest BCUT2D eigenvalue weighted by atomic mass is 35.5. The molecule has 0 amide bonds. The van der Waals surface area contributed by atoms with Crippen molar-refractivity contribution in [2.75, 3.05) is 0 Å². The topological polar surface area (TPSA) is 53.8 Å². The van der Waals surface area contributed by atoms with Gasteiger partial charge in [0, 0.05) is 16.8 Å². The fraction of sp³-hybridized carbons (Fsp3) is 0. The van der Waals surface area contributed by atoms with E-state index in [9.17, 15) is 4.79 Å². The molecule has 3 nitrogen and oxygen atoms in total. The number of pyridine rings is 1. The molecule has 0 saturated heterocycles. The second-order valence-electron chi connectivity index (χ2n) is 3.38. The van der Waals surface area contributed by atoms with E-state index in [2.05, 4.69) is 4.98 Å². The quantitative estimate of drug-likeness (QED) is 0.761. The Morgan fingerprint density at radius 3 is 2.82 bits per heavy atom. The molecule has 2 aromatic rings. The van der Waals surface area contributed by atoms with Crippen LogP contribution in [0.15, 0.2) is 42.6 Å². The van der Waals surface area contributed by atoms with E-state index in [4.69, 9.17) is 16.9 Å². The maximum atomic E-state index is 12.0. The summed E-state index contributed by atoms with van der Waals surface area (Å²) in [5, 5.41) is 9.24. The molecule has 0 fully saturated rings. The summed E-state index contributed by atoms with van der Waals surface area (Å²) in [6.07, 6.45) is 1.44. The average Bonchev–Trinajstić information content (AvgIpc) is 2.38. The minimum Gasteiger partial charge on any atom is -0.287 e. The molecular formula is C13H7ClN2O. The molecule has 2 rings (SSSR count). The van der Waals surface area contributed by atoms with E-state index in [1.54, 1.807) is 30.3 Å². The van der Waals surface area contributed by atoms with Gasteiger partial charge in [0.15, 0.2) is 0 Å².